The molecular weight excluding hydrogens is 572 g/mol. The van der Waals surface area contributed by atoms with Crippen LogP contribution in [0.3, 0.4) is 0 Å². The fourth-order valence-electron chi connectivity index (χ4n) is 4.49. The van der Waals surface area contributed by atoms with Gasteiger partial charge in [-0.1, -0.05) is 77.7 Å². The zero-order valence-corrected chi connectivity index (χ0v) is 23.0. The van der Waals surface area contributed by atoms with Gasteiger partial charge in [0.25, 0.3) is 5.91 Å². The first-order valence-electron chi connectivity index (χ1n) is 12.1. The normalized spacial score (nSPS) is 14.9. The fourth-order valence-corrected chi connectivity index (χ4v) is 5.36. The smallest absolute Gasteiger partial charge is 0.261 e. The van der Waals surface area contributed by atoms with Gasteiger partial charge < -0.3 is 15.0 Å². The number of benzene rings is 3. The third-order valence-corrected chi connectivity index (χ3v) is 7.91. The average molecular weight is 602 g/mol. The first-order valence-corrected chi connectivity index (χ1v) is 13.7. The molecule has 3 aromatic rings. The highest BCUT2D eigenvalue weighted by Gasteiger charge is 2.28. The van der Waals surface area contributed by atoms with Crippen LogP contribution < -0.4 is 10.1 Å². The van der Waals surface area contributed by atoms with Crippen LogP contribution in [0.1, 0.15) is 44.6 Å². The van der Waals surface area contributed by atoms with E-state index in [0.29, 0.717) is 12.3 Å². The predicted molar refractivity (Wildman–Crippen MR) is 146 cm³/mol. The zero-order chi connectivity index (χ0) is 24.8. The number of carbonyl (C=O) groups excluding carboxylic acids is 2. The van der Waals surface area contributed by atoms with Crippen LogP contribution in [0.4, 0.5) is 0 Å². The van der Waals surface area contributed by atoms with Gasteiger partial charge in [-0.2, -0.15) is 0 Å². The van der Waals surface area contributed by atoms with Crippen molar-refractivity contribution in [3.8, 4) is 5.75 Å². The molecule has 7 heteroatoms. The molecule has 1 saturated carbocycles. The molecule has 1 fully saturated rings. The maximum Gasteiger partial charge on any atom is 0.261 e. The van der Waals surface area contributed by atoms with Crippen LogP contribution >= 0.6 is 31.9 Å². The van der Waals surface area contributed by atoms with E-state index in [4.69, 9.17) is 4.74 Å². The van der Waals surface area contributed by atoms with Gasteiger partial charge in [-0.3, -0.25) is 9.59 Å². The highest BCUT2D eigenvalue weighted by Crippen LogP contribution is 2.33. The zero-order valence-electron chi connectivity index (χ0n) is 19.8. The monoisotopic (exact) mass is 600 g/mol. The average Bonchev–Trinajstić information content (AvgIpc) is 2.88. The molecule has 5 nitrogen and oxygen atoms in total. The summed E-state index contributed by atoms with van der Waals surface area (Å²) in [4.78, 5) is 28.1. The number of halogens is 2. The second-order valence-electron chi connectivity index (χ2n) is 9.06. The van der Waals surface area contributed by atoms with Crippen molar-refractivity contribution in [1.29, 1.82) is 0 Å². The lowest BCUT2D eigenvalue weighted by Crippen LogP contribution is -2.51. The van der Waals surface area contributed by atoms with Crippen molar-refractivity contribution in [1.82, 2.24) is 10.2 Å². The summed E-state index contributed by atoms with van der Waals surface area (Å²) in [5.74, 6) is 0.244. The van der Waals surface area contributed by atoms with Crippen molar-refractivity contribution >= 4 is 54.4 Å². The van der Waals surface area contributed by atoms with Crippen LogP contribution in [0.25, 0.3) is 10.8 Å². The molecule has 2 amide bonds. The largest absolute Gasteiger partial charge is 0.483 e. The number of nitrogens with zero attached hydrogens (tertiary/aromatic N) is 1. The van der Waals surface area contributed by atoms with E-state index in [9.17, 15) is 9.59 Å². The molecule has 4 rings (SSSR count). The van der Waals surface area contributed by atoms with E-state index in [-0.39, 0.29) is 24.5 Å². The summed E-state index contributed by atoms with van der Waals surface area (Å²) < 4.78 is 7.72. The summed E-state index contributed by atoms with van der Waals surface area (Å²) in [5.41, 5.74) is 0.950. The van der Waals surface area contributed by atoms with Crippen molar-refractivity contribution in [2.24, 2.45) is 0 Å². The van der Waals surface area contributed by atoms with E-state index in [0.717, 1.165) is 51.0 Å². The molecule has 0 saturated heterocycles. The van der Waals surface area contributed by atoms with Gasteiger partial charge in [0.15, 0.2) is 6.61 Å². The Hall–Kier alpha value is -2.38. The van der Waals surface area contributed by atoms with Crippen molar-refractivity contribution in [2.75, 3.05) is 6.61 Å². The molecule has 0 aromatic heterocycles. The number of nitrogens with one attached hydrogen (secondary N) is 1. The number of ether oxygens (including phenoxy) is 1. The number of fused-ring (bicyclic) bond motifs is 1. The van der Waals surface area contributed by atoms with Gasteiger partial charge in [0, 0.05) is 17.1 Å². The summed E-state index contributed by atoms with van der Waals surface area (Å²) in [7, 11) is 0. The molecule has 1 N–H and O–H groups in total. The molecule has 3 aromatic carbocycles. The minimum Gasteiger partial charge on any atom is -0.483 e. The third-order valence-electron chi connectivity index (χ3n) is 6.56. The maximum absolute atomic E-state index is 13.4. The number of hydrogen-bond acceptors (Lipinski definition) is 3. The lowest BCUT2D eigenvalue weighted by molar-refractivity contribution is -0.142. The molecule has 0 spiro atoms. The van der Waals surface area contributed by atoms with Crippen molar-refractivity contribution < 1.29 is 14.3 Å². The van der Waals surface area contributed by atoms with Crippen molar-refractivity contribution in [2.45, 2.75) is 57.7 Å². The van der Waals surface area contributed by atoms with Crippen LogP contribution in [0.15, 0.2) is 69.6 Å². The van der Waals surface area contributed by atoms with E-state index < -0.39 is 6.04 Å². The molecular formula is C28H30Br2N2O3. The molecule has 0 aliphatic heterocycles. The molecule has 1 atom stereocenters. The number of rotatable bonds is 8. The van der Waals surface area contributed by atoms with E-state index in [1.807, 2.05) is 60.7 Å². The molecule has 0 bridgehead atoms. The standard InChI is InChI=1S/C28H30Br2N2O3/c1-19(28(34)31-23-8-3-2-4-9-23)32(17-20-11-14-22(29)15-12-20)26(33)18-35-25-16-13-21-7-5-6-10-24(21)27(25)30/h5-7,10-16,19,23H,2-4,8-9,17-18H2,1H3,(H,31,34). The Morgan fingerprint density at radius 1 is 1.00 bits per heavy atom. The van der Waals surface area contributed by atoms with Crippen LogP contribution in [0, 0.1) is 0 Å². The number of hydrogen-bond donors (Lipinski definition) is 1. The summed E-state index contributed by atoms with van der Waals surface area (Å²) >= 11 is 7.07. The Morgan fingerprint density at radius 2 is 1.71 bits per heavy atom. The minimum atomic E-state index is -0.614. The quantitative estimate of drug-likeness (QED) is 0.316. The third kappa shape index (κ3) is 6.64. The van der Waals surface area contributed by atoms with Crippen molar-refractivity contribution in [3.05, 3.63) is 75.2 Å². The molecule has 1 aliphatic carbocycles. The van der Waals surface area contributed by atoms with Crippen LogP contribution in [0.2, 0.25) is 0 Å². The molecule has 1 aliphatic rings. The summed E-state index contributed by atoms with van der Waals surface area (Å²) in [6.07, 6.45) is 5.49. The Morgan fingerprint density at radius 3 is 2.46 bits per heavy atom. The van der Waals surface area contributed by atoms with Gasteiger partial charge in [-0.25, -0.2) is 0 Å². The summed E-state index contributed by atoms with van der Waals surface area (Å²) in [6, 6.07) is 19.2. The highest BCUT2D eigenvalue weighted by atomic mass is 79.9. The first-order chi connectivity index (χ1) is 16.9. The van der Waals surface area contributed by atoms with Crippen LogP contribution in [0.5, 0.6) is 5.75 Å². The Kier molecular flexibility index (Phi) is 8.84. The van der Waals surface area contributed by atoms with Gasteiger partial charge in [0.2, 0.25) is 5.91 Å². The lowest BCUT2D eigenvalue weighted by atomic mass is 9.95. The summed E-state index contributed by atoms with van der Waals surface area (Å²) in [5, 5.41) is 5.27. The predicted octanol–water partition coefficient (Wildman–Crippen LogP) is 6.61. The van der Waals surface area contributed by atoms with Gasteiger partial charge >= 0.3 is 0 Å². The van der Waals surface area contributed by atoms with Gasteiger partial charge in [-0.15, -0.1) is 0 Å². The van der Waals surface area contributed by atoms with Crippen LogP contribution in [-0.4, -0.2) is 35.4 Å². The molecule has 0 radical (unpaired) electrons. The van der Waals surface area contributed by atoms with E-state index in [2.05, 4.69) is 37.2 Å². The van der Waals surface area contributed by atoms with E-state index in [1.165, 1.54) is 6.42 Å². The number of amides is 2. The second-order valence-corrected chi connectivity index (χ2v) is 10.8. The SMILES string of the molecule is CC(C(=O)NC1CCCCC1)N(Cc1ccc(Br)cc1)C(=O)COc1ccc2ccccc2c1Br. The first kappa shape index (κ1) is 25.7. The molecule has 35 heavy (non-hydrogen) atoms. The van der Waals surface area contributed by atoms with Crippen molar-refractivity contribution in [3.63, 3.8) is 0 Å². The van der Waals surface area contributed by atoms with E-state index >= 15 is 0 Å². The highest BCUT2D eigenvalue weighted by molar-refractivity contribution is 9.11. The fraction of sp³-hybridized carbons (Fsp3) is 0.357. The Bertz CT molecular complexity index is 1180. The molecule has 1 unspecified atom stereocenters. The number of carbonyl (C=O) groups is 2. The molecule has 184 valence electrons. The molecule has 0 heterocycles. The lowest BCUT2D eigenvalue weighted by Gasteiger charge is -2.31. The minimum absolute atomic E-state index is 0.116. The van der Waals surface area contributed by atoms with E-state index in [1.54, 1.807) is 11.8 Å². The second kappa shape index (κ2) is 12.0. The summed E-state index contributed by atoms with van der Waals surface area (Å²) in [6.45, 7) is 1.96. The van der Waals surface area contributed by atoms with Gasteiger partial charge in [0.1, 0.15) is 11.8 Å². The van der Waals surface area contributed by atoms with Gasteiger partial charge in [-0.05, 0) is 70.2 Å². The maximum atomic E-state index is 13.4. The topological polar surface area (TPSA) is 58.6 Å². The van der Waals surface area contributed by atoms with Crippen LogP contribution in [-0.2, 0) is 16.1 Å². The van der Waals surface area contributed by atoms with Gasteiger partial charge in [0.05, 0.1) is 4.47 Å². The Labute approximate surface area is 223 Å². The Balaban J connectivity index is 1.49.